The maximum Gasteiger partial charge on any atom is 0.239 e. The van der Waals surface area contributed by atoms with Gasteiger partial charge in [-0.2, -0.15) is 0 Å². The molecule has 2 fully saturated rings. The maximum absolute atomic E-state index is 12.4. The van der Waals surface area contributed by atoms with Crippen LogP contribution < -0.4 is 10.6 Å². The monoisotopic (exact) mass is 316 g/mol. The van der Waals surface area contributed by atoms with Gasteiger partial charge in [-0.1, -0.05) is 26.7 Å². The second-order valence-corrected chi connectivity index (χ2v) is 9.15. The zero-order valence-corrected chi connectivity index (χ0v) is 13.9. The number of sulfone groups is 1. The van der Waals surface area contributed by atoms with E-state index in [4.69, 9.17) is 0 Å². The minimum absolute atomic E-state index is 0.0607. The van der Waals surface area contributed by atoms with Gasteiger partial charge in [0.2, 0.25) is 5.91 Å². The van der Waals surface area contributed by atoms with Crippen molar-refractivity contribution < 1.29 is 13.2 Å². The lowest BCUT2D eigenvalue weighted by Crippen LogP contribution is -2.55. The molecule has 2 rings (SSSR count). The standard InChI is InChI=1S/C15H28N2O3S/c1-11(2)9-12-5-3-4-6-13(12)17-15(18)14-10-16-7-8-21(14,19)20/h11-14,16H,3-10H2,1-2H3,(H,17,18). The van der Waals surface area contributed by atoms with Crippen LogP contribution in [0.15, 0.2) is 0 Å². The number of nitrogens with one attached hydrogen (secondary N) is 2. The molecule has 1 heterocycles. The van der Waals surface area contributed by atoms with Crippen LogP contribution in [0.1, 0.15) is 46.0 Å². The lowest BCUT2D eigenvalue weighted by molar-refractivity contribution is -0.122. The molecule has 0 aromatic rings. The van der Waals surface area contributed by atoms with Crippen LogP contribution in [-0.4, -0.2) is 44.5 Å². The summed E-state index contributed by atoms with van der Waals surface area (Å²) in [6.45, 7) is 5.09. The van der Waals surface area contributed by atoms with Crippen molar-refractivity contribution in [2.75, 3.05) is 18.8 Å². The van der Waals surface area contributed by atoms with E-state index in [2.05, 4.69) is 24.5 Å². The minimum Gasteiger partial charge on any atom is -0.352 e. The summed E-state index contributed by atoms with van der Waals surface area (Å²) in [5.41, 5.74) is 0. The van der Waals surface area contributed by atoms with Crippen molar-refractivity contribution in [3.05, 3.63) is 0 Å². The highest BCUT2D eigenvalue weighted by atomic mass is 32.2. The highest BCUT2D eigenvalue weighted by molar-refractivity contribution is 7.92. The topological polar surface area (TPSA) is 75.3 Å². The van der Waals surface area contributed by atoms with Crippen LogP contribution in [0.3, 0.4) is 0 Å². The first kappa shape index (κ1) is 16.7. The van der Waals surface area contributed by atoms with Crippen molar-refractivity contribution in [1.82, 2.24) is 10.6 Å². The summed E-state index contributed by atoms with van der Waals surface area (Å²) in [5, 5.41) is 5.14. The Morgan fingerprint density at radius 3 is 2.67 bits per heavy atom. The van der Waals surface area contributed by atoms with Gasteiger partial charge in [0.1, 0.15) is 0 Å². The summed E-state index contributed by atoms with van der Waals surface area (Å²) >= 11 is 0. The molecule has 0 radical (unpaired) electrons. The molecule has 0 aromatic carbocycles. The van der Waals surface area contributed by atoms with Crippen LogP contribution in [0, 0.1) is 11.8 Å². The van der Waals surface area contributed by atoms with E-state index in [1.54, 1.807) is 0 Å². The molecule has 2 aliphatic rings. The molecule has 1 saturated heterocycles. The molecule has 122 valence electrons. The first-order chi connectivity index (χ1) is 9.90. The van der Waals surface area contributed by atoms with Crippen molar-refractivity contribution in [2.45, 2.75) is 57.2 Å². The molecule has 0 aromatic heterocycles. The van der Waals surface area contributed by atoms with Crippen LogP contribution in [0.5, 0.6) is 0 Å². The van der Waals surface area contributed by atoms with Gasteiger partial charge in [-0.05, 0) is 31.1 Å². The molecule has 1 saturated carbocycles. The van der Waals surface area contributed by atoms with E-state index in [1.807, 2.05) is 0 Å². The summed E-state index contributed by atoms with van der Waals surface area (Å²) < 4.78 is 24.0. The molecule has 3 unspecified atom stereocenters. The highest BCUT2D eigenvalue weighted by Crippen LogP contribution is 2.29. The number of hydrogen-bond donors (Lipinski definition) is 2. The third kappa shape index (κ3) is 4.42. The van der Waals surface area contributed by atoms with E-state index in [0.29, 0.717) is 18.4 Å². The van der Waals surface area contributed by atoms with Crippen LogP contribution >= 0.6 is 0 Å². The van der Waals surface area contributed by atoms with E-state index < -0.39 is 15.1 Å². The predicted octanol–water partition coefficient (Wildman–Crippen LogP) is 1.09. The number of carbonyl (C=O) groups is 1. The molecule has 3 atom stereocenters. The van der Waals surface area contributed by atoms with Gasteiger partial charge in [0, 0.05) is 19.1 Å². The average Bonchev–Trinajstić information content (AvgIpc) is 2.39. The zero-order valence-electron chi connectivity index (χ0n) is 13.1. The van der Waals surface area contributed by atoms with E-state index in [9.17, 15) is 13.2 Å². The predicted molar refractivity (Wildman–Crippen MR) is 83.8 cm³/mol. The van der Waals surface area contributed by atoms with Gasteiger partial charge in [-0.15, -0.1) is 0 Å². The summed E-state index contributed by atoms with van der Waals surface area (Å²) in [7, 11) is -3.29. The lowest BCUT2D eigenvalue weighted by Gasteiger charge is -2.34. The molecular formula is C15H28N2O3S. The molecule has 5 nitrogen and oxygen atoms in total. The van der Waals surface area contributed by atoms with Gasteiger partial charge in [-0.3, -0.25) is 4.79 Å². The first-order valence-electron chi connectivity index (χ1n) is 8.13. The molecular weight excluding hydrogens is 288 g/mol. The first-order valence-corrected chi connectivity index (χ1v) is 9.84. The third-order valence-electron chi connectivity index (χ3n) is 4.63. The molecule has 0 spiro atoms. The van der Waals surface area contributed by atoms with Gasteiger partial charge in [0.25, 0.3) is 0 Å². The summed E-state index contributed by atoms with van der Waals surface area (Å²) in [6.07, 6.45) is 5.55. The molecule has 1 aliphatic heterocycles. The Morgan fingerprint density at radius 2 is 2.00 bits per heavy atom. The van der Waals surface area contributed by atoms with E-state index in [-0.39, 0.29) is 24.2 Å². The van der Waals surface area contributed by atoms with E-state index >= 15 is 0 Å². The van der Waals surface area contributed by atoms with Gasteiger partial charge in [0.05, 0.1) is 5.75 Å². The Hall–Kier alpha value is -0.620. The van der Waals surface area contributed by atoms with Crippen LogP contribution in [0.4, 0.5) is 0 Å². The Kier molecular flexibility index (Phi) is 5.66. The Labute approximate surface area is 128 Å². The summed E-state index contributed by atoms with van der Waals surface area (Å²) in [4.78, 5) is 12.4. The second kappa shape index (κ2) is 7.09. The summed E-state index contributed by atoms with van der Waals surface area (Å²) in [6, 6.07) is 0.144. The Balaban J connectivity index is 1.99. The molecule has 0 bridgehead atoms. The number of amides is 1. The maximum atomic E-state index is 12.4. The fourth-order valence-electron chi connectivity index (χ4n) is 3.53. The van der Waals surface area contributed by atoms with E-state index in [0.717, 1.165) is 25.7 Å². The molecule has 2 N–H and O–H groups in total. The van der Waals surface area contributed by atoms with Crippen LogP contribution in [-0.2, 0) is 14.6 Å². The van der Waals surface area contributed by atoms with Crippen molar-refractivity contribution >= 4 is 15.7 Å². The lowest BCUT2D eigenvalue weighted by atomic mass is 9.79. The van der Waals surface area contributed by atoms with Crippen LogP contribution in [0.2, 0.25) is 0 Å². The zero-order chi connectivity index (χ0) is 15.5. The smallest absolute Gasteiger partial charge is 0.239 e. The van der Waals surface area contributed by atoms with Crippen molar-refractivity contribution in [2.24, 2.45) is 11.8 Å². The number of rotatable bonds is 4. The SMILES string of the molecule is CC(C)CC1CCCCC1NC(=O)C1CNCCS1(=O)=O. The van der Waals surface area contributed by atoms with Gasteiger partial charge in [0.15, 0.2) is 15.1 Å². The molecule has 21 heavy (non-hydrogen) atoms. The van der Waals surface area contributed by atoms with Gasteiger partial charge in [-0.25, -0.2) is 8.42 Å². The molecule has 1 amide bonds. The fourth-order valence-corrected chi connectivity index (χ4v) is 5.01. The second-order valence-electron chi connectivity index (χ2n) is 6.85. The van der Waals surface area contributed by atoms with Crippen LogP contribution in [0.25, 0.3) is 0 Å². The van der Waals surface area contributed by atoms with Gasteiger partial charge < -0.3 is 10.6 Å². The summed E-state index contributed by atoms with van der Waals surface area (Å²) in [5.74, 6) is 0.850. The van der Waals surface area contributed by atoms with Crippen molar-refractivity contribution in [3.63, 3.8) is 0 Å². The Morgan fingerprint density at radius 1 is 1.29 bits per heavy atom. The number of carbonyl (C=O) groups excluding carboxylic acids is 1. The minimum atomic E-state index is -3.29. The van der Waals surface area contributed by atoms with Crippen molar-refractivity contribution in [3.8, 4) is 0 Å². The van der Waals surface area contributed by atoms with Gasteiger partial charge >= 0.3 is 0 Å². The quantitative estimate of drug-likeness (QED) is 0.814. The highest BCUT2D eigenvalue weighted by Gasteiger charge is 2.37. The molecule has 1 aliphatic carbocycles. The van der Waals surface area contributed by atoms with E-state index in [1.165, 1.54) is 6.42 Å². The average molecular weight is 316 g/mol. The molecule has 6 heteroatoms. The Bertz CT molecular complexity index is 462. The van der Waals surface area contributed by atoms with Crippen molar-refractivity contribution in [1.29, 1.82) is 0 Å². The normalized spacial score (nSPS) is 32.8. The third-order valence-corrected chi connectivity index (χ3v) is 6.65. The number of hydrogen-bond acceptors (Lipinski definition) is 4. The fraction of sp³-hybridized carbons (Fsp3) is 0.933. The largest absolute Gasteiger partial charge is 0.352 e.